The molecule has 1 aliphatic carbocycles. The highest BCUT2D eigenvalue weighted by atomic mass is 19.4. The predicted molar refractivity (Wildman–Crippen MR) is 121 cm³/mol. The number of carboxylic acid groups (broad SMARTS) is 1. The highest BCUT2D eigenvalue weighted by Crippen LogP contribution is 2.38. The van der Waals surface area contributed by atoms with E-state index in [2.05, 4.69) is 0 Å². The van der Waals surface area contributed by atoms with E-state index in [-0.39, 0.29) is 30.4 Å². The van der Waals surface area contributed by atoms with Crippen molar-refractivity contribution in [3.8, 4) is 0 Å². The average molecular weight is 523 g/mol. The van der Waals surface area contributed by atoms with Gasteiger partial charge in [0.15, 0.2) is 0 Å². The van der Waals surface area contributed by atoms with Crippen molar-refractivity contribution in [3.05, 3.63) is 67.5 Å². The third kappa shape index (κ3) is 4.41. The molecule has 0 radical (unpaired) electrons. The van der Waals surface area contributed by atoms with Crippen LogP contribution in [0.3, 0.4) is 0 Å². The number of aromatic carboxylic acids is 1. The molecule has 3 heterocycles. The first-order valence-corrected chi connectivity index (χ1v) is 11.9. The number of cyclic esters (lactones) is 1. The zero-order valence-corrected chi connectivity index (χ0v) is 19.6. The molecular formula is C24H24F3N3O7. The first kappa shape index (κ1) is 25.1. The van der Waals surface area contributed by atoms with Gasteiger partial charge in [-0.1, -0.05) is 12.1 Å². The van der Waals surface area contributed by atoms with Crippen LogP contribution >= 0.6 is 0 Å². The molecule has 0 bridgehead atoms. The summed E-state index contributed by atoms with van der Waals surface area (Å²) in [4.78, 5) is 52.2. The molecule has 1 aromatic heterocycles. The van der Waals surface area contributed by atoms with Crippen LogP contribution in [-0.2, 0) is 22.3 Å². The summed E-state index contributed by atoms with van der Waals surface area (Å²) < 4.78 is 53.1. The van der Waals surface area contributed by atoms with Crippen molar-refractivity contribution in [2.24, 2.45) is 0 Å². The number of halogens is 3. The summed E-state index contributed by atoms with van der Waals surface area (Å²) in [7, 11) is 0. The standard InChI is InChI=1S/C24H24F3N3O7/c25-24(26,27)18-3-1-2-15-17(18)11-36-12-19(15)30-20(31)16(21(32)33)10-29(22(30)34)14-6-4-13(5-7-14)28-8-9-37-23(28)35/h1-3,10,13-14,19H,4-9,11-12H2,(H,32,33). The molecule has 1 saturated heterocycles. The van der Waals surface area contributed by atoms with Crippen LogP contribution in [0.15, 0.2) is 34.0 Å². The Kier molecular flexibility index (Phi) is 6.34. The molecule has 5 rings (SSSR count). The van der Waals surface area contributed by atoms with Crippen molar-refractivity contribution < 1.29 is 37.3 Å². The van der Waals surface area contributed by atoms with Gasteiger partial charge in [0.25, 0.3) is 5.56 Å². The molecule has 1 saturated carbocycles. The Morgan fingerprint density at radius 1 is 1.05 bits per heavy atom. The number of ether oxygens (including phenoxy) is 2. The number of fused-ring (bicyclic) bond motifs is 1. The van der Waals surface area contributed by atoms with Gasteiger partial charge in [0.2, 0.25) is 0 Å². The molecule has 3 aliphatic rings. The van der Waals surface area contributed by atoms with Crippen molar-refractivity contribution in [3.63, 3.8) is 0 Å². The number of aromatic nitrogens is 2. The topological polar surface area (TPSA) is 120 Å². The second-order valence-corrected chi connectivity index (χ2v) is 9.39. The van der Waals surface area contributed by atoms with E-state index in [4.69, 9.17) is 9.47 Å². The zero-order chi connectivity index (χ0) is 26.5. The highest BCUT2D eigenvalue weighted by Gasteiger charge is 2.39. The SMILES string of the molecule is O=C(O)c1cn(C2CCC(N3CCOC3=O)CC2)c(=O)n(C2COCc3c2cccc3C(F)(F)F)c1=O. The fourth-order valence-corrected chi connectivity index (χ4v) is 5.58. The third-order valence-electron chi connectivity index (χ3n) is 7.38. The number of hydrogen-bond acceptors (Lipinski definition) is 6. The lowest BCUT2D eigenvalue weighted by Crippen LogP contribution is -2.48. The molecule has 1 unspecified atom stereocenters. The second-order valence-electron chi connectivity index (χ2n) is 9.39. The van der Waals surface area contributed by atoms with Crippen molar-refractivity contribution in [1.82, 2.24) is 14.0 Å². The van der Waals surface area contributed by atoms with E-state index in [1.165, 1.54) is 16.7 Å². The van der Waals surface area contributed by atoms with Crippen LogP contribution in [-0.4, -0.2) is 57.0 Å². The van der Waals surface area contributed by atoms with Gasteiger partial charge in [-0.3, -0.25) is 9.36 Å². The van der Waals surface area contributed by atoms with Crippen LogP contribution in [0.2, 0.25) is 0 Å². The van der Waals surface area contributed by atoms with E-state index >= 15 is 0 Å². The van der Waals surface area contributed by atoms with Gasteiger partial charge in [0.05, 0.1) is 31.4 Å². The van der Waals surface area contributed by atoms with Gasteiger partial charge in [-0.2, -0.15) is 13.2 Å². The molecular weight excluding hydrogens is 499 g/mol. The Morgan fingerprint density at radius 2 is 1.76 bits per heavy atom. The molecule has 2 aromatic rings. The van der Waals surface area contributed by atoms with Gasteiger partial charge in [-0.25, -0.2) is 19.0 Å². The maximum atomic E-state index is 13.6. The Bertz CT molecular complexity index is 1360. The van der Waals surface area contributed by atoms with Gasteiger partial charge in [0.1, 0.15) is 12.2 Å². The summed E-state index contributed by atoms with van der Waals surface area (Å²) in [5.74, 6) is -1.55. The number of amides is 1. The minimum absolute atomic E-state index is 0.0776. The van der Waals surface area contributed by atoms with Gasteiger partial charge in [0, 0.05) is 18.3 Å². The maximum absolute atomic E-state index is 13.6. The quantitative estimate of drug-likeness (QED) is 0.655. The fraction of sp³-hybridized carbons (Fsp3) is 0.500. The van der Waals surface area contributed by atoms with Crippen LogP contribution in [0.4, 0.5) is 18.0 Å². The lowest BCUT2D eigenvalue weighted by atomic mass is 9.90. The number of nitrogens with zero attached hydrogens (tertiary/aromatic N) is 3. The van der Waals surface area contributed by atoms with E-state index in [1.54, 1.807) is 4.90 Å². The lowest BCUT2D eigenvalue weighted by Gasteiger charge is -2.34. The van der Waals surface area contributed by atoms with Crippen LogP contribution in [0, 0.1) is 0 Å². The van der Waals surface area contributed by atoms with Crippen molar-refractivity contribution in [1.29, 1.82) is 0 Å². The number of benzene rings is 1. The largest absolute Gasteiger partial charge is 0.477 e. The molecule has 10 nitrogen and oxygen atoms in total. The van der Waals surface area contributed by atoms with Crippen LogP contribution in [0.25, 0.3) is 0 Å². The first-order valence-electron chi connectivity index (χ1n) is 11.9. The van der Waals surface area contributed by atoms with E-state index in [0.29, 0.717) is 43.4 Å². The number of hydrogen-bond donors (Lipinski definition) is 1. The number of alkyl halides is 3. The van der Waals surface area contributed by atoms with Crippen molar-refractivity contribution in [2.45, 2.75) is 56.6 Å². The number of carbonyl (C=O) groups is 2. The fourth-order valence-electron chi connectivity index (χ4n) is 5.58. The molecule has 13 heteroatoms. The zero-order valence-electron chi connectivity index (χ0n) is 19.6. The number of carbonyl (C=O) groups excluding carboxylic acids is 1. The van der Waals surface area contributed by atoms with Crippen molar-refractivity contribution >= 4 is 12.1 Å². The lowest BCUT2D eigenvalue weighted by molar-refractivity contribution is -0.139. The summed E-state index contributed by atoms with van der Waals surface area (Å²) in [5, 5.41) is 9.70. The van der Waals surface area contributed by atoms with Gasteiger partial charge < -0.3 is 19.5 Å². The molecule has 37 heavy (non-hydrogen) atoms. The van der Waals surface area contributed by atoms with Crippen LogP contribution < -0.4 is 11.2 Å². The first-order chi connectivity index (χ1) is 17.6. The van der Waals surface area contributed by atoms with E-state index < -0.39 is 52.7 Å². The minimum Gasteiger partial charge on any atom is -0.477 e. The normalized spacial score (nSPS) is 24.0. The predicted octanol–water partition coefficient (Wildman–Crippen LogP) is 2.78. The molecule has 198 valence electrons. The Morgan fingerprint density at radius 3 is 2.38 bits per heavy atom. The molecule has 1 atom stereocenters. The smallest absolute Gasteiger partial charge is 0.416 e. The summed E-state index contributed by atoms with van der Waals surface area (Å²) in [6, 6.07) is 1.71. The van der Waals surface area contributed by atoms with Gasteiger partial charge in [-0.15, -0.1) is 0 Å². The maximum Gasteiger partial charge on any atom is 0.416 e. The monoisotopic (exact) mass is 523 g/mol. The highest BCUT2D eigenvalue weighted by molar-refractivity contribution is 5.86. The van der Waals surface area contributed by atoms with Crippen LogP contribution in [0.5, 0.6) is 0 Å². The summed E-state index contributed by atoms with van der Waals surface area (Å²) in [6.45, 7) is 0.164. The molecule has 1 amide bonds. The van der Waals surface area contributed by atoms with E-state index in [0.717, 1.165) is 12.3 Å². The summed E-state index contributed by atoms with van der Waals surface area (Å²) in [5.41, 5.74) is -3.63. The van der Waals surface area contributed by atoms with Crippen molar-refractivity contribution in [2.75, 3.05) is 19.8 Å². The second kappa shape index (κ2) is 9.36. The number of rotatable bonds is 4. The Balaban J connectivity index is 1.55. The van der Waals surface area contributed by atoms with E-state index in [1.807, 2.05) is 0 Å². The Hall–Kier alpha value is -3.61. The Labute approximate surface area is 207 Å². The molecule has 0 spiro atoms. The third-order valence-corrected chi connectivity index (χ3v) is 7.38. The summed E-state index contributed by atoms with van der Waals surface area (Å²) in [6.07, 6.45) is -2.11. The molecule has 1 aromatic carbocycles. The summed E-state index contributed by atoms with van der Waals surface area (Å²) >= 11 is 0. The van der Waals surface area contributed by atoms with Gasteiger partial charge in [-0.05, 0) is 42.9 Å². The molecule has 2 fully saturated rings. The van der Waals surface area contributed by atoms with Gasteiger partial charge >= 0.3 is 23.9 Å². The molecule has 1 N–H and O–H groups in total. The average Bonchev–Trinajstić information content (AvgIpc) is 3.29. The minimum atomic E-state index is -4.68. The van der Waals surface area contributed by atoms with E-state index in [9.17, 15) is 37.5 Å². The number of carboxylic acids is 1. The van der Waals surface area contributed by atoms with Crippen LogP contribution in [0.1, 0.15) is 64.8 Å². The molecule has 2 aliphatic heterocycles.